The zero-order valence-electron chi connectivity index (χ0n) is 34.3. The van der Waals surface area contributed by atoms with Gasteiger partial charge in [0.2, 0.25) is 11.8 Å². The summed E-state index contributed by atoms with van der Waals surface area (Å²) in [7, 11) is 2.55. The van der Waals surface area contributed by atoms with Crippen molar-refractivity contribution in [1.82, 2.24) is 50.3 Å². The number of hydrogen-bond donors (Lipinski definition) is 4. The Morgan fingerprint density at radius 3 is 1.43 bits per heavy atom. The number of methoxy groups -OCH3 is 2. The number of amides is 4. The van der Waals surface area contributed by atoms with E-state index in [1.807, 2.05) is 52.0 Å². The Morgan fingerprint density at radius 1 is 0.650 bits per heavy atom. The zero-order valence-corrected chi connectivity index (χ0v) is 34.3. The molecule has 2 aliphatic rings. The third-order valence-corrected chi connectivity index (χ3v) is 11.5. The van der Waals surface area contributed by atoms with E-state index in [0.717, 1.165) is 47.9 Å². The molecule has 0 spiro atoms. The molecule has 2 aromatic carbocycles. The first-order valence-corrected chi connectivity index (χ1v) is 20.1. The smallest absolute Gasteiger partial charge is 0.407 e. The highest BCUT2D eigenvalue weighted by Crippen LogP contribution is 2.41. The molecule has 4 N–H and O–H groups in total. The molecule has 18 heteroatoms. The van der Waals surface area contributed by atoms with Crippen molar-refractivity contribution in [3.05, 3.63) is 61.1 Å². The number of alkyl carbamates (subject to hydrolysis) is 2. The van der Waals surface area contributed by atoms with Crippen LogP contribution in [0, 0.1) is 11.8 Å². The number of ether oxygens (including phenoxy) is 2. The van der Waals surface area contributed by atoms with Crippen LogP contribution in [0.3, 0.4) is 0 Å². The third kappa shape index (κ3) is 7.30. The molecule has 6 aromatic rings. The topological polar surface area (TPSA) is 227 Å². The number of nitrogens with one attached hydrogen (secondary N) is 4. The molecule has 4 atom stereocenters. The van der Waals surface area contributed by atoms with Crippen molar-refractivity contribution in [2.24, 2.45) is 11.8 Å². The molecule has 4 aromatic heterocycles. The quantitative estimate of drug-likeness (QED) is 0.110. The van der Waals surface area contributed by atoms with Gasteiger partial charge in [0.25, 0.3) is 0 Å². The SMILES string of the molecule is COC(=O)NC(C(=O)N1CCCC1c1ncc(-c2ccc(-c3ccc(-c4cnc(C5CCCN5C(=O)C(NC(=O)OC)C(C)C)[nH]4)c4ocnc34)c3ncoc23)[nH]1)C(C)C. The highest BCUT2D eigenvalue weighted by molar-refractivity contribution is 6.06. The monoisotopic (exact) mass is 820 g/mol. The average molecular weight is 821 g/mol. The predicted octanol–water partition coefficient (Wildman–Crippen LogP) is 6.50. The first-order valence-electron chi connectivity index (χ1n) is 20.1. The molecule has 0 bridgehead atoms. The van der Waals surface area contributed by atoms with Crippen molar-refractivity contribution in [2.45, 2.75) is 77.5 Å². The summed E-state index contributed by atoms with van der Waals surface area (Å²) in [6, 6.07) is 5.72. The number of likely N-dealkylation sites (tertiary alicyclic amines) is 2. The van der Waals surface area contributed by atoms with Crippen LogP contribution in [0.1, 0.15) is 77.1 Å². The van der Waals surface area contributed by atoms with Gasteiger partial charge in [-0.25, -0.2) is 29.5 Å². The summed E-state index contributed by atoms with van der Waals surface area (Å²) in [5.41, 5.74) is 6.76. The van der Waals surface area contributed by atoms with E-state index in [1.165, 1.54) is 27.0 Å². The molecule has 2 fully saturated rings. The highest BCUT2D eigenvalue weighted by atomic mass is 16.5. The molecule has 4 unspecified atom stereocenters. The Hall–Kier alpha value is -6.72. The number of carbonyl (C=O) groups excluding carboxylic acids is 4. The number of imidazole rings is 2. The Kier molecular flexibility index (Phi) is 11.0. The second kappa shape index (κ2) is 16.5. The number of fused-ring (bicyclic) bond motifs is 2. The van der Waals surface area contributed by atoms with Crippen LogP contribution in [-0.2, 0) is 19.1 Å². The minimum Gasteiger partial charge on any atom is -0.453 e. The van der Waals surface area contributed by atoms with Gasteiger partial charge in [0.1, 0.15) is 34.8 Å². The second-order valence-electron chi connectivity index (χ2n) is 15.8. The highest BCUT2D eigenvalue weighted by Gasteiger charge is 2.39. The molecule has 0 radical (unpaired) electrons. The van der Waals surface area contributed by atoms with Crippen molar-refractivity contribution in [3.8, 4) is 33.6 Å². The van der Waals surface area contributed by atoms with Gasteiger partial charge in [-0.2, -0.15) is 0 Å². The van der Waals surface area contributed by atoms with E-state index < -0.39 is 24.3 Å². The van der Waals surface area contributed by atoms with Crippen molar-refractivity contribution >= 4 is 46.2 Å². The number of benzene rings is 2. The first-order chi connectivity index (χ1) is 29.0. The van der Waals surface area contributed by atoms with Crippen LogP contribution in [0.4, 0.5) is 9.59 Å². The van der Waals surface area contributed by atoms with Gasteiger partial charge in [-0.3, -0.25) is 9.59 Å². The average Bonchev–Trinajstić information content (AvgIpc) is 4.10. The van der Waals surface area contributed by atoms with Crippen LogP contribution in [0.2, 0.25) is 0 Å². The summed E-state index contributed by atoms with van der Waals surface area (Å²) < 4.78 is 21.5. The van der Waals surface area contributed by atoms with Gasteiger partial charge in [0.05, 0.1) is 50.1 Å². The van der Waals surface area contributed by atoms with Crippen molar-refractivity contribution < 1.29 is 37.5 Å². The number of aromatic nitrogens is 6. The molecule has 4 amide bonds. The Balaban J connectivity index is 1.05. The van der Waals surface area contributed by atoms with Crippen molar-refractivity contribution in [3.63, 3.8) is 0 Å². The third-order valence-electron chi connectivity index (χ3n) is 11.5. The van der Waals surface area contributed by atoms with Gasteiger partial charge in [-0.15, -0.1) is 0 Å². The fourth-order valence-corrected chi connectivity index (χ4v) is 8.43. The number of aromatic amines is 2. The van der Waals surface area contributed by atoms with Crippen LogP contribution in [0.15, 0.2) is 58.3 Å². The summed E-state index contributed by atoms with van der Waals surface area (Å²) in [5.74, 6) is 0.607. The lowest BCUT2D eigenvalue weighted by atomic mass is 9.98. The van der Waals surface area contributed by atoms with E-state index in [9.17, 15) is 19.2 Å². The van der Waals surface area contributed by atoms with Crippen LogP contribution in [-0.4, -0.2) is 103 Å². The van der Waals surface area contributed by atoms with Gasteiger partial charge in [0.15, 0.2) is 24.0 Å². The molecule has 60 heavy (non-hydrogen) atoms. The molecule has 0 saturated carbocycles. The lowest BCUT2D eigenvalue weighted by Crippen LogP contribution is -2.51. The van der Waals surface area contributed by atoms with Crippen molar-refractivity contribution in [2.75, 3.05) is 27.3 Å². The summed E-state index contributed by atoms with van der Waals surface area (Å²) in [6.45, 7) is 8.61. The lowest BCUT2D eigenvalue weighted by Gasteiger charge is -2.30. The maximum atomic E-state index is 13.7. The van der Waals surface area contributed by atoms with Gasteiger partial charge in [0, 0.05) is 35.3 Å². The summed E-state index contributed by atoms with van der Waals surface area (Å²) >= 11 is 0. The number of carbonyl (C=O) groups is 4. The molecular formula is C42H48N10O8. The summed E-state index contributed by atoms with van der Waals surface area (Å²) in [4.78, 5) is 80.5. The molecule has 0 aliphatic carbocycles. The van der Waals surface area contributed by atoms with Crippen LogP contribution in [0.25, 0.3) is 55.8 Å². The number of nitrogens with zero attached hydrogens (tertiary/aromatic N) is 6. The van der Waals surface area contributed by atoms with Gasteiger partial charge in [-0.1, -0.05) is 39.8 Å². The van der Waals surface area contributed by atoms with E-state index in [1.54, 1.807) is 22.2 Å². The minimum atomic E-state index is -0.738. The number of H-pyrrole nitrogens is 2. The van der Waals surface area contributed by atoms with Crippen LogP contribution >= 0.6 is 0 Å². The molecule has 2 saturated heterocycles. The van der Waals surface area contributed by atoms with Gasteiger partial charge < -0.3 is 48.7 Å². The maximum Gasteiger partial charge on any atom is 0.407 e. The fraction of sp³-hybridized carbons (Fsp3) is 0.429. The van der Waals surface area contributed by atoms with E-state index in [-0.39, 0.29) is 35.7 Å². The lowest BCUT2D eigenvalue weighted by molar-refractivity contribution is -0.136. The molecule has 2 aliphatic heterocycles. The largest absolute Gasteiger partial charge is 0.453 e. The second-order valence-corrected chi connectivity index (χ2v) is 15.8. The zero-order chi connectivity index (χ0) is 42.2. The standard InChI is InChI=1S/C42H48N10O8/c1-21(2)31(49-41(55)57-5)39(53)51-15-7-9-29(51)37-43-17-27(47-37)25-13-11-23(33-35(25)59-19-45-33)24-12-14-26(36-34(24)46-20-60-36)28-18-44-38(48-28)30-10-8-16-52(30)40(54)32(22(3)4)50-42(56)58-6/h11-14,17-22,29-32H,7-10,15-16H2,1-6H3,(H,43,47)(H,44,48)(H,49,55)(H,50,56). The van der Waals surface area contributed by atoms with Crippen LogP contribution in [0.5, 0.6) is 0 Å². The molecule has 8 rings (SSSR count). The van der Waals surface area contributed by atoms with Gasteiger partial charge >= 0.3 is 12.2 Å². The molecule has 6 heterocycles. The minimum absolute atomic E-state index is 0.147. The normalized spacial score (nSPS) is 17.8. The Labute approximate surface area is 344 Å². The van der Waals surface area contributed by atoms with Crippen LogP contribution < -0.4 is 10.6 Å². The Bertz CT molecular complexity index is 2380. The Morgan fingerprint density at radius 2 is 1.05 bits per heavy atom. The van der Waals surface area contributed by atoms with E-state index in [0.29, 0.717) is 58.3 Å². The molecule has 314 valence electrons. The molecular weight excluding hydrogens is 773 g/mol. The summed E-state index contributed by atoms with van der Waals surface area (Å²) in [6.07, 6.45) is 7.98. The van der Waals surface area contributed by atoms with Gasteiger partial charge in [-0.05, 0) is 49.7 Å². The first kappa shape index (κ1) is 40.1. The molecule has 18 nitrogen and oxygen atoms in total. The number of rotatable bonds is 11. The fourth-order valence-electron chi connectivity index (χ4n) is 8.43. The van der Waals surface area contributed by atoms with E-state index in [2.05, 4.69) is 30.6 Å². The van der Waals surface area contributed by atoms with E-state index in [4.69, 9.17) is 28.3 Å². The number of hydrogen-bond acceptors (Lipinski definition) is 12. The predicted molar refractivity (Wildman–Crippen MR) is 218 cm³/mol. The number of oxazole rings is 2. The van der Waals surface area contributed by atoms with E-state index >= 15 is 0 Å². The maximum absolute atomic E-state index is 13.7. The summed E-state index contributed by atoms with van der Waals surface area (Å²) in [5, 5.41) is 5.38. The van der Waals surface area contributed by atoms with Crippen molar-refractivity contribution in [1.29, 1.82) is 0 Å².